The number of carboxylic acids is 1. The third-order valence-electron chi connectivity index (χ3n) is 3.12. The first kappa shape index (κ1) is 10.2. The van der Waals surface area contributed by atoms with E-state index in [-0.39, 0.29) is 5.69 Å². The molecule has 1 aromatic rings. The maximum atomic E-state index is 10.8. The van der Waals surface area contributed by atoms with Crippen molar-refractivity contribution >= 4 is 5.97 Å². The fourth-order valence-electron chi connectivity index (χ4n) is 2.34. The summed E-state index contributed by atoms with van der Waals surface area (Å²) >= 11 is 0. The van der Waals surface area contributed by atoms with E-state index in [0.717, 1.165) is 12.1 Å². The zero-order chi connectivity index (χ0) is 10.8. The van der Waals surface area contributed by atoms with Crippen molar-refractivity contribution in [1.82, 2.24) is 9.78 Å². The fourth-order valence-corrected chi connectivity index (χ4v) is 2.34. The van der Waals surface area contributed by atoms with E-state index in [1.165, 1.54) is 30.4 Å². The Balaban J connectivity index is 2.08. The summed E-state index contributed by atoms with van der Waals surface area (Å²) in [5, 5.41) is 13.1. The SMILES string of the molecule is Cn1nc(CC2CCCC2)cc1C(=O)O. The summed E-state index contributed by atoms with van der Waals surface area (Å²) in [7, 11) is 1.68. The van der Waals surface area contributed by atoms with Gasteiger partial charge in [0.25, 0.3) is 0 Å². The number of hydrogen-bond acceptors (Lipinski definition) is 2. The van der Waals surface area contributed by atoms with Crippen molar-refractivity contribution in [3.05, 3.63) is 17.5 Å². The molecule has 0 bridgehead atoms. The quantitative estimate of drug-likeness (QED) is 0.824. The van der Waals surface area contributed by atoms with Crippen LogP contribution in [0.4, 0.5) is 0 Å². The monoisotopic (exact) mass is 208 g/mol. The van der Waals surface area contributed by atoms with E-state index in [0.29, 0.717) is 5.92 Å². The van der Waals surface area contributed by atoms with Crippen LogP contribution >= 0.6 is 0 Å². The third-order valence-corrected chi connectivity index (χ3v) is 3.12. The minimum absolute atomic E-state index is 0.281. The Kier molecular flexibility index (Phi) is 2.75. The van der Waals surface area contributed by atoms with Gasteiger partial charge in [-0.15, -0.1) is 0 Å². The summed E-state index contributed by atoms with van der Waals surface area (Å²) in [6.07, 6.45) is 6.08. The lowest BCUT2D eigenvalue weighted by molar-refractivity contribution is 0.0685. The van der Waals surface area contributed by atoms with Crippen molar-refractivity contribution in [3.63, 3.8) is 0 Å². The summed E-state index contributed by atoms with van der Waals surface area (Å²) < 4.78 is 1.45. The lowest BCUT2D eigenvalue weighted by Crippen LogP contribution is -2.05. The predicted octanol–water partition coefficient (Wildman–Crippen LogP) is 1.85. The molecule has 0 atom stereocenters. The van der Waals surface area contributed by atoms with Gasteiger partial charge in [0.1, 0.15) is 5.69 Å². The Morgan fingerprint density at radius 2 is 2.27 bits per heavy atom. The van der Waals surface area contributed by atoms with E-state index >= 15 is 0 Å². The first-order chi connectivity index (χ1) is 7.16. The normalized spacial score (nSPS) is 17.1. The Labute approximate surface area is 88.9 Å². The highest BCUT2D eigenvalue weighted by Gasteiger charge is 2.18. The van der Waals surface area contributed by atoms with Gasteiger partial charge in [-0.1, -0.05) is 25.7 Å². The molecule has 1 saturated carbocycles. The van der Waals surface area contributed by atoms with Crippen molar-refractivity contribution in [2.24, 2.45) is 13.0 Å². The van der Waals surface area contributed by atoms with Gasteiger partial charge in [0.2, 0.25) is 0 Å². The Bertz CT molecular complexity index is 365. The lowest BCUT2D eigenvalue weighted by atomic mass is 10.0. The Hall–Kier alpha value is -1.32. The van der Waals surface area contributed by atoms with Crippen molar-refractivity contribution in [1.29, 1.82) is 0 Å². The van der Waals surface area contributed by atoms with Crippen LogP contribution in [0, 0.1) is 5.92 Å². The molecule has 1 aromatic heterocycles. The first-order valence-corrected chi connectivity index (χ1v) is 5.43. The van der Waals surface area contributed by atoms with E-state index in [1.807, 2.05) is 0 Å². The third kappa shape index (κ3) is 2.19. The van der Waals surface area contributed by atoms with E-state index < -0.39 is 5.97 Å². The molecule has 0 radical (unpaired) electrons. The highest BCUT2D eigenvalue weighted by Crippen LogP contribution is 2.27. The lowest BCUT2D eigenvalue weighted by Gasteiger charge is -2.04. The Morgan fingerprint density at radius 1 is 1.60 bits per heavy atom. The molecule has 0 spiro atoms. The molecule has 0 aromatic carbocycles. The molecule has 1 fully saturated rings. The van der Waals surface area contributed by atoms with Crippen LogP contribution in [0.5, 0.6) is 0 Å². The number of carbonyl (C=O) groups is 1. The fraction of sp³-hybridized carbons (Fsp3) is 0.636. The maximum absolute atomic E-state index is 10.8. The predicted molar refractivity (Wildman–Crippen MR) is 55.8 cm³/mol. The Morgan fingerprint density at radius 3 is 2.80 bits per heavy atom. The molecule has 1 aliphatic rings. The summed E-state index contributed by atoms with van der Waals surface area (Å²) in [6.45, 7) is 0. The number of aromatic carboxylic acids is 1. The van der Waals surface area contributed by atoms with Crippen LogP contribution in [-0.2, 0) is 13.5 Å². The first-order valence-electron chi connectivity index (χ1n) is 5.43. The molecule has 4 heteroatoms. The topological polar surface area (TPSA) is 55.1 Å². The minimum Gasteiger partial charge on any atom is -0.477 e. The van der Waals surface area contributed by atoms with Crippen LogP contribution in [0.2, 0.25) is 0 Å². The highest BCUT2D eigenvalue weighted by molar-refractivity contribution is 5.85. The van der Waals surface area contributed by atoms with Gasteiger partial charge in [-0.05, 0) is 18.4 Å². The molecular formula is C11H16N2O2. The molecule has 82 valence electrons. The summed E-state index contributed by atoms with van der Waals surface area (Å²) in [5.41, 5.74) is 1.20. The van der Waals surface area contributed by atoms with E-state index in [9.17, 15) is 4.79 Å². The second-order valence-corrected chi connectivity index (χ2v) is 4.30. The van der Waals surface area contributed by atoms with Gasteiger partial charge >= 0.3 is 5.97 Å². The minimum atomic E-state index is -0.900. The highest BCUT2D eigenvalue weighted by atomic mass is 16.4. The van der Waals surface area contributed by atoms with Crippen molar-refractivity contribution in [3.8, 4) is 0 Å². The van der Waals surface area contributed by atoms with Crippen LogP contribution < -0.4 is 0 Å². The molecule has 1 heterocycles. The average Bonchev–Trinajstić information content (AvgIpc) is 2.75. The molecule has 0 amide bonds. The number of aryl methyl sites for hydroxylation is 1. The number of carboxylic acid groups (broad SMARTS) is 1. The van der Waals surface area contributed by atoms with E-state index in [2.05, 4.69) is 5.10 Å². The van der Waals surface area contributed by atoms with Crippen LogP contribution in [0.25, 0.3) is 0 Å². The molecule has 0 saturated heterocycles. The second kappa shape index (κ2) is 4.04. The van der Waals surface area contributed by atoms with Gasteiger partial charge in [0.05, 0.1) is 5.69 Å². The number of hydrogen-bond donors (Lipinski definition) is 1. The van der Waals surface area contributed by atoms with Crippen molar-refractivity contribution in [2.45, 2.75) is 32.1 Å². The molecule has 4 nitrogen and oxygen atoms in total. The van der Waals surface area contributed by atoms with E-state index in [4.69, 9.17) is 5.11 Å². The van der Waals surface area contributed by atoms with Gasteiger partial charge in [0, 0.05) is 7.05 Å². The standard InChI is InChI=1S/C11H16N2O2/c1-13-10(11(14)15)7-9(12-13)6-8-4-2-3-5-8/h7-8H,2-6H2,1H3,(H,14,15). The average molecular weight is 208 g/mol. The molecule has 0 unspecified atom stereocenters. The molecule has 15 heavy (non-hydrogen) atoms. The van der Waals surface area contributed by atoms with Crippen LogP contribution in [-0.4, -0.2) is 20.9 Å². The molecule has 1 N–H and O–H groups in total. The van der Waals surface area contributed by atoms with Gasteiger partial charge < -0.3 is 5.11 Å². The van der Waals surface area contributed by atoms with Gasteiger partial charge in [-0.3, -0.25) is 4.68 Å². The van der Waals surface area contributed by atoms with Crippen LogP contribution in [0.15, 0.2) is 6.07 Å². The zero-order valence-electron chi connectivity index (χ0n) is 8.94. The molecule has 1 aliphatic carbocycles. The number of aromatic nitrogens is 2. The number of rotatable bonds is 3. The zero-order valence-corrected chi connectivity index (χ0v) is 8.94. The summed E-state index contributed by atoms with van der Waals surface area (Å²) in [6, 6.07) is 1.70. The summed E-state index contributed by atoms with van der Waals surface area (Å²) in [5.74, 6) is -0.191. The molecule has 0 aliphatic heterocycles. The van der Waals surface area contributed by atoms with Crippen molar-refractivity contribution < 1.29 is 9.90 Å². The molecular weight excluding hydrogens is 192 g/mol. The van der Waals surface area contributed by atoms with Crippen LogP contribution in [0.3, 0.4) is 0 Å². The smallest absolute Gasteiger partial charge is 0.354 e. The maximum Gasteiger partial charge on any atom is 0.354 e. The summed E-state index contributed by atoms with van der Waals surface area (Å²) in [4.78, 5) is 10.8. The van der Waals surface area contributed by atoms with E-state index in [1.54, 1.807) is 13.1 Å². The molecule has 2 rings (SSSR count). The largest absolute Gasteiger partial charge is 0.477 e. The second-order valence-electron chi connectivity index (χ2n) is 4.30. The van der Waals surface area contributed by atoms with Gasteiger partial charge in [0.15, 0.2) is 0 Å². The van der Waals surface area contributed by atoms with Crippen molar-refractivity contribution in [2.75, 3.05) is 0 Å². The van der Waals surface area contributed by atoms with Crippen LogP contribution in [0.1, 0.15) is 41.9 Å². The van der Waals surface area contributed by atoms with Gasteiger partial charge in [-0.2, -0.15) is 5.10 Å². The van der Waals surface area contributed by atoms with Gasteiger partial charge in [-0.25, -0.2) is 4.79 Å². The number of nitrogens with zero attached hydrogens (tertiary/aromatic N) is 2.